The van der Waals surface area contributed by atoms with Crippen LogP contribution in [0.1, 0.15) is 28.4 Å². The van der Waals surface area contributed by atoms with E-state index in [1.54, 1.807) is 0 Å². The van der Waals surface area contributed by atoms with Gasteiger partial charge >= 0.3 is 0 Å². The Morgan fingerprint density at radius 3 is 2.50 bits per heavy atom. The molecule has 0 saturated carbocycles. The SMILES string of the molecule is C[C@H](O)CNC(=O)c1c(O)c2ncc(Cc3ccc(F)c(F)c3)cc2n(CC(=O)N(C)C)c1=O. The maximum Gasteiger partial charge on any atom is 0.268 e. The number of likely N-dealkylation sites (N-methyl/N-ethyl adjacent to an activating group) is 1. The van der Waals surface area contributed by atoms with Gasteiger partial charge in [-0.2, -0.15) is 0 Å². The molecule has 0 fully saturated rings. The van der Waals surface area contributed by atoms with Crippen LogP contribution in [0.15, 0.2) is 35.3 Å². The third kappa shape index (κ3) is 5.20. The van der Waals surface area contributed by atoms with Gasteiger partial charge in [0, 0.05) is 26.8 Å². The highest BCUT2D eigenvalue weighted by molar-refractivity contribution is 6.01. The van der Waals surface area contributed by atoms with Gasteiger partial charge in [0.1, 0.15) is 17.6 Å². The third-order valence-corrected chi connectivity index (χ3v) is 5.10. The molecule has 2 aromatic heterocycles. The minimum Gasteiger partial charge on any atom is -0.505 e. The van der Waals surface area contributed by atoms with Crippen LogP contribution >= 0.6 is 0 Å². The molecule has 3 N–H and O–H groups in total. The van der Waals surface area contributed by atoms with E-state index >= 15 is 0 Å². The molecule has 0 radical (unpaired) electrons. The molecule has 2 amide bonds. The molecule has 9 nitrogen and oxygen atoms in total. The summed E-state index contributed by atoms with van der Waals surface area (Å²) in [6.45, 7) is 0.840. The molecule has 3 aromatic rings. The molecule has 1 atom stereocenters. The highest BCUT2D eigenvalue weighted by atomic mass is 19.2. The maximum absolute atomic E-state index is 13.6. The van der Waals surface area contributed by atoms with E-state index in [1.807, 2.05) is 0 Å². The average Bonchev–Trinajstić information content (AvgIpc) is 2.77. The van der Waals surface area contributed by atoms with E-state index in [9.17, 15) is 33.4 Å². The second-order valence-electron chi connectivity index (χ2n) is 8.10. The highest BCUT2D eigenvalue weighted by Gasteiger charge is 2.25. The van der Waals surface area contributed by atoms with Gasteiger partial charge in [0.05, 0.1) is 11.6 Å². The molecule has 0 aliphatic rings. The number of nitrogens with zero attached hydrogens (tertiary/aromatic N) is 3. The Labute approximate surface area is 193 Å². The Bertz CT molecular complexity index is 1320. The quantitative estimate of drug-likeness (QED) is 0.472. The number of aliphatic hydroxyl groups is 1. The zero-order chi connectivity index (χ0) is 25.2. The summed E-state index contributed by atoms with van der Waals surface area (Å²) in [5.74, 6) is -4.04. The van der Waals surface area contributed by atoms with Crippen molar-refractivity contribution in [3.05, 3.63) is 69.1 Å². The summed E-state index contributed by atoms with van der Waals surface area (Å²) in [6.07, 6.45) is 0.609. The number of pyridine rings is 2. The summed E-state index contributed by atoms with van der Waals surface area (Å²) in [6, 6.07) is 4.92. The molecule has 0 spiro atoms. The van der Waals surface area contributed by atoms with Crippen LogP contribution in [0.3, 0.4) is 0 Å². The third-order valence-electron chi connectivity index (χ3n) is 5.10. The Kier molecular flexibility index (Phi) is 7.26. The number of hydrogen-bond donors (Lipinski definition) is 3. The number of halogens is 2. The lowest BCUT2D eigenvalue weighted by atomic mass is 10.0. The van der Waals surface area contributed by atoms with Crippen molar-refractivity contribution in [3.8, 4) is 5.75 Å². The van der Waals surface area contributed by atoms with Gasteiger partial charge in [0.2, 0.25) is 5.91 Å². The number of amides is 2. The molecular formula is C23H24F2N4O5. The second-order valence-corrected chi connectivity index (χ2v) is 8.10. The predicted octanol–water partition coefficient (Wildman–Crippen LogP) is 1.17. The normalized spacial score (nSPS) is 11.9. The lowest BCUT2D eigenvalue weighted by Gasteiger charge is -2.17. The lowest BCUT2D eigenvalue weighted by Crippen LogP contribution is -2.38. The lowest BCUT2D eigenvalue weighted by molar-refractivity contribution is -0.129. The number of aromatic hydroxyl groups is 1. The van der Waals surface area contributed by atoms with E-state index in [4.69, 9.17) is 0 Å². The predicted molar refractivity (Wildman–Crippen MR) is 120 cm³/mol. The Balaban J connectivity index is 2.16. The van der Waals surface area contributed by atoms with Crippen LogP contribution in [0.25, 0.3) is 11.0 Å². The zero-order valence-electron chi connectivity index (χ0n) is 18.8. The van der Waals surface area contributed by atoms with Crippen molar-refractivity contribution < 1.29 is 28.6 Å². The molecule has 11 heteroatoms. The average molecular weight is 474 g/mol. The summed E-state index contributed by atoms with van der Waals surface area (Å²) in [4.78, 5) is 43.6. The molecular weight excluding hydrogens is 450 g/mol. The van der Waals surface area contributed by atoms with Crippen LogP contribution in [0.2, 0.25) is 0 Å². The fourth-order valence-electron chi connectivity index (χ4n) is 3.30. The molecule has 2 heterocycles. The number of hydrogen-bond acceptors (Lipinski definition) is 6. The van der Waals surface area contributed by atoms with Gasteiger partial charge in [-0.1, -0.05) is 6.07 Å². The number of aromatic nitrogens is 2. The number of rotatable bonds is 7. The van der Waals surface area contributed by atoms with Gasteiger partial charge < -0.3 is 20.4 Å². The first-order valence-electron chi connectivity index (χ1n) is 10.3. The monoisotopic (exact) mass is 474 g/mol. The van der Waals surface area contributed by atoms with Crippen LogP contribution in [-0.2, 0) is 17.8 Å². The van der Waals surface area contributed by atoms with E-state index in [0.29, 0.717) is 11.1 Å². The number of benzene rings is 1. The highest BCUT2D eigenvalue weighted by Crippen LogP contribution is 2.26. The molecule has 3 rings (SSSR count). The summed E-state index contributed by atoms with van der Waals surface area (Å²) < 4.78 is 27.9. The number of aliphatic hydroxyl groups excluding tert-OH is 1. The fourth-order valence-corrected chi connectivity index (χ4v) is 3.30. The first-order valence-corrected chi connectivity index (χ1v) is 10.3. The van der Waals surface area contributed by atoms with E-state index in [1.165, 1.54) is 44.2 Å². The molecule has 0 aliphatic carbocycles. The van der Waals surface area contributed by atoms with Crippen LogP contribution < -0.4 is 10.9 Å². The summed E-state index contributed by atoms with van der Waals surface area (Å²) in [5, 5.41) is 22.5. The smallest absolute Gasteiger partial charge is 0.268 e. The minimum atomic E-state index is -1.01. The Morgan fingerprint density at radius 1 is 1.18 bits per heavy atom. The van der Waals surface area contributed by atoms with Crippen molar-refractivity contribution in [2.45, 2.75) is 26.0 Å². The van der Waals surface area contributed by atoms with Crippen LogP contribution in [-0.4, -0.2) is 63.2 Å². The van der Waals surface area contributed by atoms with E-state index in [0.717, 1.165) is 16.7 Å². The number of nitrogens with one attached hydrogen (secondary N) is 1. The van der Waals surface area contributed by atoms with Crippen molar-refractivity contribution >= 4 is 22.8 Å². The van der Waals surface area contributed by atoms with Gasteiger partial charge in [-0.3, -0.25) is 23.9 Å². The van der Waals surface area contributed by atoms with Crippen LogP contribution in [0.5, 0.6) is 5.75 Å². The molecule has 1 aromatic carbocycles. The Hall–Kier alpha value is -3.86. The molecule has 0 aliphatic heterocycles. The number of carbonyl (C=O) groups excluding carboxylic acids is 2. The maximum atomic E-state index is 13.6. The van der Waals surface area contributed by atoms with Crippen molar-refractivity contribution in [2.75, 3.05) is 20.6 Å². The fraction of sp³-hybridized carbons (Fsp3) is 0.304. The second kappa shape index (κ2) is 9.96. The largest absolute Gasteiger partial charge is 0.505 e. The summed E-state index contributed by atoms with van der Waals surface area (Å²) in [7, 11) is 3.00. The molecule has 34 heavy (non-hydrogen) atoms. The van der Waals surface area contributed by atoms with E-state index in [2.05, 4.69) is 10.3 Å². The number of carbonyl (C=O) groups is 2. The van der Waals surface area contributed by atoms with Crippen molar-refractivity contribution in [1.29, 1.82) is 0 Å². The minimum absolute atomic E-state index is 0.0878. The van der Waals surface area contributed by atoms with Crippen molar-refractivity contribution in [3.63, 3.8) is 0 Å². The summed E-state index contributed by atoms with van der Waals surface area (Å²) >= 11 is 0. The zero-order valence-corrected chi connectivity index (χ0v) is 18.8. The van der Waals surface area contributed by atoms with Gasteiger partial charge in [0.15, 0.2) is 17.4 Å². The van der Waals surface area contributed by atoms with Gasteiger partial charge in [-0.05, 0) is 42.7 Å². The van der Waals surface area contributed by atoms with E-state index < -0.39 is 53.0 Å². The molecule has 0 bridgehead atoms. The van der Waals surface area contributed by atoms with Crippen molar-refractivity contribution in [2.24, 2.45) is 0 Å². The van der Waals surface area contributed by atoms with Crippen LogP contribution in [0.4, 0.5) is 8.78 Å². The standard InChI is InChI=1S/C23H24F2N4O5/c1-12(30)9-27-22(33)19-21(32)20-17(29(23(19)34)11-18(31)28(2)3)8-14(10-26-20)6-13-4-5-15(24)16(25)7-13/h4-5,7-8,10,12,30,32H,6,9,11H2,1-3H3,(H,27,33)/t12-/m0/s1. The van der Waals surface area contributed by atoms with Gasteiger partial charge in [-0.15, -0.1) is 0 Å². The van der Waals surface area contributed by atoms with Gasteiger partial charge in [0.25, 0.3) is 11.5 Å². The topological polar surface area (TPSA) is 125 Å². The summed E-state index contributed by atoms with van der Waals surface area (Å²) in [5.41, 5.74) is -0.603. The molecule has 0 unspecified atom stereocenters. The molecule has 0 saturated heterocycles. The van der Waals surface area contributed by atoms with E-state index in [-0.39, 0.29) is 24.0 Å². The first-order chi connectivity index (χ1) is 16.0. The van der Waals surface area contributed by atoms with Crippen molar-refractivity contribution in [1.82, 2.24) is 19.8 Å². The van der Waals surface area contributed by atoms with Gasteiger partial charge in [-0.25, -0.2) is 8.78 Å². The number of fused-ring (bicyclic) bond motifs is 1. The first kappa shape index (κ1) is 24.8. The van der Waals surface area contributed by atoms with Crippen LogP contribution in [0, 0.1) is 11.6 Å². The Morgan fingerprint density at radius 2 is 1.88 bits per heavy atom. The molecule has 180 valence electrons.